The summed E-state index contributed by atoms with van der Waals surface area (Å²) in [6.07, 6.45) is 0. The van der Waals surface area contributed by atoms with Crippen LogP contribution in [0.2, 0.25) is 0 Å². The lowest BCUT2D eigenvalue weighted by Crippen LogP contribution is -2.37. The van der Waals surface area contributed by atoms with Gasteiger partial charge in [0.05, 0.1) is 5.75 Å². The molecule has 0 spiro atoms. The van der Waals surface area contributed by atoms with Gasteiger partial charge in [-0.25, -0.2) is 4.39 Å². The fraction of sp³-hybridized carbons (Fsp3) is 0.417. The Balaban J connectivity index is 2.96. The summed E-state index contributed by atoms with van der Waals surface area (Å²) in [7, 11) is -1.60. The molecule has 0 amide bonds. The molecule has 0 aromatic heterocycles. The zero-order valence-corrected chi connectivity index (χ0v) is 10.8. The number of aliphatic carboxylic acids is 1. The van der Waals surface area contributed by atoms with Gasteiger partial charge >= 0.3 is 5.97 Å². The average molecular weight is 258 g/mol. The summed E-state index contributed by atoms with van der Waals surface area (Å²) in [6, 6.07) is 4.21. The third-order valence-corrected chi connectivity index (χ3v) is 4.57. The highest BCUT2D eigenvalue weighted by Gasteiger charge is 2.34. The molecule has 94 valence electrons. The minimum Gasteiger partial charge on any atom is -0.480 e. The van der Waals surface area contributed by atoms with E-state index < -0.39 is 27.3 Å². The Morgan fingerprint density at radius 2 is 2.06 bits per heavy atom. The summed E-state index contributed by atoms with van der Waals surface area (Å²) in [5.74, 6) is -1.48. The Kier molecular flexibility index (Phi) is 4.03. The number of carbonyl (C=O) groups is 1. The summed E-state index contributed by atoms with van der Waals surface area (Å²) >= 11 is 0. The molecule has 3 nitrogen and oxygen atoms in total. The molecule has 0 heterocycles. The van der Waals surface area contributed by atoms with Crippen molar-refractivity contribution in [3.05, 3.63) is 35.1 Å². The minimum absolute atomic E-state index is 0.0445. The second-order valence-electron chi connectivity index (χ2n) is 4.38. The van der Waals surface area contributed by atoms with Gasteiger partial charge in [-0.15, -0.1) is 0 Å². The number of hydrogen-bond donors (Lipinski definition) is 1. The molecule has 1 aromatic rings. The van der Waals surface area contributed by atoms with Gasteiger partial charge in [-0.1, -0.05) is 6.07 Å². The van der Waals surface area contributed by atoms with Crippen molar-refractivity contribution in [1.29, 1.82) is 0 Å². The van der Waals surface area contributed by atoms with Crippen molar-refractivity contribution >= 4 is 16.8 Å². The number of halogens is 1. The molecular weight excluding hydrogens is 243 g/mol. The van der Waals surface area contributed by atoms with Gasteiger partial charge in [-0.2, -0.15) is 0 Å². The molecule has 0 aliphatic carbocycles. The molecule has 5 heteroatoms. The largest absolute Gasteiger partial charge is 0.480 e. The predicted molar refractivity (Wildman–Crippen MR) is 64.7 cm³/mol. The van der Waals surface area contributed by atoms with Crippen molar-refractivity contribution in [2.75, 3.05) is 0 Å². The smallest absolute Gasteiger partial charge is 0.321 e. The highest BCUT2D eigenvalue weighted by atomic mass is 32.2. The normalized spacial score (nSPS) is 13.4. The molecule has 0 fully saturated rings. The number of carboxylic acids is 1. The summed E-state index contributed by atoms with van der Waals surface area (Å²) in [5, 5.41) is 8.95. The Bertz CT molecular complexity index is 469. The Labute approximate surface area is 102 Å². The molecule has 1 atom stereocenters. The van der Waals surface area contributed by atoms with Gasteiger partial charge < -0.3 is 5.11 Å². The second kappa shape index (κ2) is 4.96. The molecule has 0 saturated heterocycles. The van der Waals surface area contributed by atoms with E-state index in [-0.39, 0.29) is 5.75 Å². The van der Waals surface area contributed by atoms with E-state index in [4.69, 9.17) is 5.11 Å². The van der Waals surface area contributed by atoms with E-state index in [0.717, 1.165) is 5.56 Å². The molecule has 0 aliphatic rings. The standard InChI is InChI=1S/C12H15FO3S/c1-8-4-5-10(13)6-9(8)7-17(16)12(2,3)11(14)15/h4-6H,7H2,1-3H3,(H,14,15). The summed E-state index contributed by atoms with van der Waals surface area (Å²) in [6.45, 7) is 4.58. The maximum atomic E-state index is 13.0. The first-order valence-electron chi connectivity index (χ1n) is 5.12. The summed E-state index contributed by atoms with van der Waals surface area (Å²) in [4.78, 5) is 10.9. The van der Waals surface area contributed by atoms with Gasteiger partial charge in [0.2, 0.25) is 0 Å². The maximum absolute atomic E-state index is 13.0. The molecule has 17 heavy (non-hydrogen) atoms. The van der Waals surface area contributed by atoms with Crippen molar-refractivity contribution in [2.45, 2.75) is 31.3 Å². The lowest BCUT2D eigenvalue weighted by atomic mass is 10.1. The van der Waals surface area contributed by atoms with Crippen LogP contribution in [0.4, 0.5) is 4.39 Å². The fourth-order valence-corrected chi connectivity index (χ4v) is 2.36. The molecule has 0 radical (unpaired) electrons. The van der Waals surface area contributed by atoms with Gasteiger partial charge in [0.25, 0.3) is 0 Å². The summed E-state index contributed by atoms with van der Waals surface area (Å²) < 4.78 is 23.6. The van der Waals surface area contributed by atoms with Crippen LogP contribution in [0.25, 0.3) is 0 Å². The molecule has 1 N–H and O–H groups in total. The van der Waals surface area contributed by atoms with Crippen molar-refractivity contribution in [1.82, 2.24) is 0 Å². The molecule has 1 aromatic carbocycles. The van der Waals surface area contributed by atoms with Crippen LogP contribution in [-0.4, -0.2) is 20.0 Å². The van der Waals surface area contributed by atoms with Crippen LogP contribution in [0.3, 0.4) is 0 Å². The van der Waals surface area contributed by atoms with Crippen molar-refractivity contribution in [3.8, 4) is 0 Å². The Morgan fingerprint density at radius 1 is 1.47 bits per heavy atom. The second-order valence-corrected chi connectivity index (χ2v) is 6.38. The third-order valence-electron chi connectivity index (χ3n) is 2.68. The lowest BCUT2D eigenvalue weighted by molar-refractivity contribution is -0.139. The van der Waals surface area contributed by atoms with Gasteiger partial charge in [-0.05, 0) is 44.0 Å². The van der Waals surface area contributed by atoms with Crippen LogP contribution in [0.1, 0.15) is 25.0 Å². The SMILES string of the molecule is Cc1ccc(F)cc1CS(=O)C(C)(C)C(=O)O. The highest BCUT2D eigenvalue weighted by Crippen LogP contribution is 2.20. The monoisotopic (exact) mass is 258 g/mol. The van der Waals surface area contributed by atoms with E-state index in [2.05, 4.69) is 0 Å². The van der Waals surface area contributed by atoms with Crippen LogP contribution in [0.5, 0.6) is 0 Å². The zero-order valence-electron chi connectivity index (χ0n) is 9.99. The first-order chi connectivity index (χ1) is 7.75. The number of benzene rings is 1. The van der Waals surface area contributed by atoms with E-state index in [1.165, 1.54) is 26.0 Å². The van der Waals surface area contributed by atoms with E-state index in [1.807, 2.05) is 0 Å². The van der Waals surface area contributed by atoms with Crippen molar-refractivity contribution in [2.24, 2.45) is 0 Å². The van der Waals surface area contributed by atoms with E-state index >= 15 is 0 Å². The maximum Gasteiger partial charge on any atom is 0.321 e. The number of aryl methyl sites for hydroxylation is 1. The fourth-order valence-electron chi connectivity index (χ4n) is 1.21. The first-order valence-corrected chi connectivity index (χ1v) is 6.44. The minimum atomic E-state index is -1.60. The van der Waals surface area contributed by atoms with Crippen LogP contribution in [0, 0.1) is 12.7 Å². The van der Waals surface area contributed by atoms with Gasteiger partial charge in [-0.3, -0.25) is 9.00 Å². The van der Waals surface area contributed by atoms with Crippen LogP contribution >= 0.6 is 0 Å². The Hall–Kier alpha value is -1.23. The average Bonchev–Trinajstić information content (AvgIpc) is 2.23. The van der Waals surface area contributed by atoms with Crippen LogP contribution in [-0.2, 0) is 21.3 Å². The molecule has 0 aliphatic heterocycles. The van der Waals surface area contributed by atoms with Crippen molar-refractivity contribution < 1.29 is 18.5 Å². The van der Waals surface area contributed by atoms with Crippen LogP contribution in [0.15, 0.2) is 18.2 Å². The van der Waals surface area contributed by atoms with Crippen molar-refractivity contribution in [3.63, 3.8) is 0 Å². The van der Waals surface area contributed by atoms with Gasteiger partial charge in [0.15, 0.2) is 0 Å². The molecule has 0 saturated carbocycles. The summed E-state index contributed by atoms with van der Waals surface area (Å²) in [5.41, 5.74) is 1.39. The van der Waals surface area contributed by atoms with Gasteiger partial charge in [0, 0.05) is 10.8 Å². The topological polar surface area (TPSA) is 54.4 Å². The quantitative estimate of drug-likeness (QED) is 0.901. The number of hydrogen-bond acceptors (Lipinski definition) is 2. The lowest BCUT2D eigenvalue weighted by Gasteiger charge is -2.19. The molecule has 1 rings (SSSR count). The zero-order chi connectivity index (χ0) is 13.2. The highest BCUT2D eigenvalue weighted by molar-refractivity contribution is 7.86. The van der Waals surface area contributed by atoms with Gasteiger partial charge in [0.1, 0.15) is 10.6 Å². The van der Waals surface area contributed by atoms with E-state index in [0.29, 0.717) is 5.56 Å². The molecular formula is C12H15FO3S. The third kappa shape index (κ3) is 3.12. The number of rotatable bonds is 4. The molecule has 1 unspecified atom stereocenters. The Morgan fingerprint density at radius 3 is 2.59 bits per heavy atom. The number of carboxylic acid groups (broad SMARTS) is 1. The molecule has 0 bridgehead atoms. The predicted octanol–water partition coefficient (Wildman–Crippen LogP) is 2.25. The van der Waals surface area contributed by atoms with E-state index in [1.54, 1.807) is 13.0 Å². The first kappa shape index (κ1) is 13.8. The van der Waals surface area contributed by atoms with Crippen LogP contribution < -0.4 is 0 Å². The van der Waals surface area contributed by atoms with E-state index in [9.17, 15) is 13.4 Å².